The van der Waals surface area contributed by atoms with E-state index in [0.717, 1.165) is 42.5 Å². The van der Waals surface area contributed by atoms with Gasteiger partial charge in [-0.3, -0.25) is 4.79 Å². The van der Waals surface area contributed by atoms with E-state index in [9.17, 15) is 36.3 Å². The molecular formula is C20H19F3N2O8S. The lowest BCUT2D eigenvalue weighted by Gasteiger charge is -2.26. The molecule has 1 amide bonds. The number of ether oxygens (including phenoxy) is 3. The number of hydrogen-bond donors (Lipinski definition) is 2. The number of phenols is 1. The Bertz CT molecular complexity index is 1150. The normalized spacial score (nSPS) is 14.9. The molecule has 1 aliphatic heterocycles. The van der Waals surface area contributed by atoms with Crippen LogP contribution in [0.1, 0.15) is 10.4 Å². The number of alkyl halides is 3. The number of hydrogen-bond acceptors (Lipinski definition) is 8. The van der Waals surface area contributed by atoms with Crippen molar-refractivity contribution < 1.29 is 50.5 Å². The van der Waals surface area contributed by atoms with Gasteiger partial charge in [-0.05, 0) is 42.5 Å². The first-order valence-electron chi connectivity index (χ1n) is 9.69. The highest BCUT2D eigenvalue weighted by Gasteiger charge is 2.31. The summed E-state index contributed by atoms with van der Waals surface area (Å²) >= 11 is 0. The number of benzene rings is 2. The van der Waals surface area contributed by atoms with E-state index >= 15 is 0 Å². The van der Waals surface area contributed by atoms with Gasteiger partial charge in [0.15, 0.2) is 6.61 Å². The Labute approximate surface area is 191 Å². The molecule has 0 bridgehead atoms. The van der Waals surface area contributed by atoms with Crippen LogP contribution >= 0.6 is 0 Å². The number of nitrogens with one attached hydrogen (secondary N) is 1. The van der Waals surface area contributed by atoms with Crippen molar-refractivity contribution in [3.8, 4) is 11.5 Å². The van der Waals surface area contributed by atoms with Crippen molar-refractivity contribution in [3.63, 3.8) is 0 Å². The minimum atomic E-state index is -4.86. The lowest BCUT2D eigenvalue weighted by molar-refractivity contribution is -0.274. The van der Waals surface area contributed by atoms with E-state index in [1.54, 1.807) is 0 Å². The Morgan fingerprint density at radius 2 is 1.74 bits per heavy atom. The summed E-state index contributed by atoms with van der Waals surface area (Å²) in [4.78, 5) is 24.1. The summed E-state index contributed by atoms with van der Waals surface area (Å²) in [5.74, 6) is -3.01. The fourth-order valence-electron chi connectivity index (χ4n) is 2.92. The van der Waals surface area contributed by atoms with Gasteiger partial charge in [0.25, 0.3) is 5.91 Å². The third-order valence-corrected chi connectivity index (χ3v) is 6.40. The maximum atomic E-state index is 12.7. The summed E-state index contributed by atoms with van der Waals surface area (Å²) in [6.45, 7) is -0.0999. The van der Waals surface area contributed by atoms with Gasteiger partial charge in [0.1, 0.15) is 17.1 Å². The summed E-state index contributed by atoms with van der Waals surface area (Å²) in [6.07, 6.45) is -4.86. The van der Waals surface area contributed by atoms with Gasteiger partial charge < -0.3 is 24.6 Å². The number of halogens is 3. The fraction of sp³-hybridized carbons (Fsp3) is 0.300. The quantitative estimate of drug-likeness (QED) is 0.548. The smallest absolute Gasteiger partial charge is 0.507 e. The average Bonchev–Trinajstić information content (AvgIpc) is 2.78. The van der Waals surface area contributed by atoms with Gasteiger partial charge in [-0.15, -0.1) is 13.2 Å². The van der Waals surface area contributed by atoms with Gasteiger partial charge in [-0.1, -0.05) is 0 Å². The minimum absolute atomic E-state index is 0.108. The topological polar surface area (TPSA) is 131 Å². The minimum Gasteiger partial charge on any atom is -0.507 e. The van der Waals surface area contributed by atoms with Crippen LogP contribution in [0.5, 0.6) is 11.5 Å². The van der Waals surface area contributed by atoms with Gasteiger partial charge >= 0.3 is 12.3 Å². The predicted octanol–water partition coefficient (Wildman–Crippen LogP) is 2.11. The lowest BCUT2D eigenvalue weighted by Crippen LogP contribution is -2.40. The first kappa shape index (κ1) is 25.3. The molecule has 1 heterocycles. The predicted molar refractivity (Wildman–Crippen MR) is 110 cm³/mol. The molecule has 34 heavy (non-hydrogen) atoms. The summed E-state index contributed by atoms with van der Waals surface area (Å²) in [5, 5.41) is 12.3. The maximum Gasteiger partial charge on any atom is 0.573 e. The number of phenolic OH excluding ortho intramolecular Hbond substituents is 1. The molecule has 0 unspecified atom stereocenters. The summed E-state index contributed by atoms with van der Waals surface area (Å²) in [7, 11) is -3.95. The van der Waals surface area contributed by atoms with Crippen LogP contribution in [0.2, 0.25) is 0 Å². The molecule has 1 saturated heterocycles. The molecule has 0 saturated carbocycles. The van der Waals surface area contributed by atoms with Crippen LogP contribution in [-0.2, 0) is 24.3 Å². The second kappa shape index (κ2) is 10.3. The molecule has 1 fully saturated rings. The van der Waals surface area contributed by atoms with Gasteiger partial charge in [0.2, 0.25) is 10.0 Å². The molecule has 3 rings (SSSR count). The Morgan fingerprint density at radius 1 is 1.09 bits per heavy atom. The monoisotopic (exact) mass is 504 g/mol. The number of anilines is 1. The van der Waals surface area contributed by atoms with Crippen LogP contribution < -0.4 is 10.1 Å². The third-order valence-electron chi connectivity index (χ3n) is 4.50. The van der Waals surface area contributed by atoms with Crippen LogP contribution in [-0.4, -0.2) is 69.0 Å². The van der Waals surface area contributed by atoms with Crippen LogP contribution in [0.25, 0.3) is 0 Å². The van der Waals surface area contributed by atoms with Crippen LogP contribution in [0.3, 0.4) is 0 Å². The first-order valence-corrected chi connectivity index (χ1v) is 11.1. The molecule has 2 aromatic carbocycles. The zero-order chi connectivity index (χ0) is 24.9. The highest BCUT2D eigenvalue weighted by Crippen LogP contribution is 2.26. The number of morpholine rings is 1. The lowest BCUT2D eigenvalue weighted by atomic mass is 10.2. The van der Waals surface area contributed by atoms with Crippen molar-refractivity contribution in [1.29, 1.82) is 0 Å². The second-order valence-electron chi connectivity index (χ2n) is 6.89. The first-order chi connectivity index (χ1) is 16.0. The van der Waals surface area contributed by atoms with Gasteiger partial charge in [-0.25, -0.2) is 13.2 Å². The van der Waals surface area contributed by atoms with E-state index in [1.807, 2.05) is 0 Å². The molecule has 0 spiro atoms. The number of esters is 1. The Morgan fingerprint density at radius 3 is 2.35 bits per heavy atom. The molecule has 2 N–H and O–H groups in total. The molecule has 1 aliphatic rings. The van der Waals surface area contributed by atoms with Gasteiger partial charge in [-0.2, -0.15) is 4.31 Å². The number of nitrogens with zero attached hydrogens (tertiary/aromatic N) is 1. The van der Waals surface area contributed by atoms with Crippen molar-refractivity contribution in [3.05, 3.63) is 48.0 Å². The van der Waals surface area contributed by atoms with E-state index < -0.39 is 51.9 Å². The molecular weight excluding hydrogens is 485 g/mol. The number of sulfonamides is 1. The highest BCUT2D eigenvalue weighted by atomic mass is 32.2. The van der Waals surface area contributed by atoms with E-state index in [1.165, 1.54) is 4.31 Å². The number of amides is 1. The van der Waals surface area contributed by atoms with E-state index in [4.69, 9.17) is 9.47 Å². The molecule has 0 atom stereocenters. The molecule has 2 aromatic rings. The highest BCUT2D eigenvalue weighted by molar-refractivity contribution is 7.89. The average molecular weight is 504 g/mol. The Hall–Kier alpha value is -3.36. The van der Waals surface area contributed by atoms with Crippen molar-refractivity contribution in [2.24, 2.45) is 0 Å². The summed E-state index contributed by atoms with van der Waals surface area (Å²) in [6, 6.07) is 7.35. The largest absolute Gasteiger partial charge is 0.573 e. The molecule has 0 aliphatic carbocycles. The summed E-state index contributed by atoms with van der Waals surface area (Å²) in [5.41, 5.74) is -0.354. The van der Waals surface area contributed by atoms with Crippen LogP contribution in [0.4, 0.5) is 18.9 Å². The Kier molecular flexibility index (Phi) is 7.64. The molecule has 0 radical (unpaired) electrons. The van der Waals surface area contributed by atoms with Crippen molar-refractivity contribution in [2.75, 3.05) is 38.2 Å². The third kappa shape index (κ3) is 6.59. The van der Waals surface area contributed by atoms with Gasteiger partial charge in [0, 0.05) is 18.8 Å². The van der Waals surface area contributed by atoms with Crippen molar-refractivity contribution in [1.82, 2.24) is 4.31 Å². The van der Waals surface area contributed by atoms with Crippen molar-refractivity contribution in [2.45, 2.75) is 11.3 Å². The van der Waals surface area contributed by atoms with Gasteiger partial charge in [0.05, 0.1) is 18.1 Å². The number of rotatable bonds is 7. The van der Waals surface area contributed by atoms with Crippen LogP contribution in [0.15, 0.2) is 47.4 Å². The van der Waals surface area contributed by atoms with E-state index in [2.05, 4.69) is 10.1 Å². The second-order valence-corrected chi connectivity index (χ2v) is 8.83. The molecule has 0 aromatic heterocycles. The standard InChI is InChI=1S/C20H19F3N2O8S/c21-20(22,23)33-14-3-1-13(2-4-14)24-18(27)12-32-19(28)16-11-15(5-6-17(16)26)34(29,30)25-7-9-31-10-8-25/h1-6,11,26H,7-10,12H2,(H,24,27). The molecule has 10 nitrogen and oxygen atoms in total. The zero-order valence-corrected chi connectivity index (χ0v) is 18.2. The summed E-state index contributed by atoms with van der Waals surface area (Å²) < 4.78 is 76.9. The number of aromatic hydroxyl groups is 1. The van der Waals surface area contributed by atoms with E-state index in [-0.39, 0.29) is 36.9 Å². The molecule has 184 valence electrons. The Balaban J connectivity index is 1.61. The number of carbonyl (C=O) groups excluding carboxylic acids is 2. The van der Waals surface area contributed by atoms with Crippen molar-refractivity contribution >= 4 is 27.6 Å². The SMILES string of the molecule is O=C(COC(=O)c1cc(S(=O)(=O)N2CCOCC2)ccc1O)Nc1ccc(OC(F)(F)F)cc1. The maximum absolute atomic E-state index is 12.7. The zero-order valence-electron chi connectivity index (χ0n) is 17.4. The van der Waals surface area contributed by atoms with Crippen LogP contribution in [0, 0.1) is 0 Å². The fourth-order valence-corrected chi connectivity index (χ4v) is 4.36. The molecule has 14 heteroatoms. The number of carbonyl (C=O) groups is 2. The van der Waals surface area contributed by atoms with E-state index in [0.29, 0.717) is 0 Å².